The molecule has 1 heterocycles. The van der Waals surface area contributed by atoms with Crippen molar-refractivity contribution in [2.24, 2.45) is 5.73 Å². The Kier molecular flexibility index (Phi) is 3.71. The van der Waals surface area contributed by atoms with Gasteiger partial charge >= 0.3 is 0 Å². The van der Waals surface area contributed by atoms with Crippen LogP contribution in [0, 0.1) is 11.6 Å². The molecule has 2 aromatic carbocycles. The summed E-state index contributed by atoms with van der Waals surface area (Å²) in [5.41, 5.74) is 8.74. The van der Waals surface area contributed by atoms with Crippen LogP contribution in [0.15, 0.2) is 48.7 Å². The van der Waals surface area contributed by atoms with E-state index in [9.17, 15) is 8.78 Å². The number of hydrogen-bond acceptors (Lipinski definition) is 1. The van der Waals surface area contributed by atoms with Crippen LogP contribution in [0.2, 0.25) is 0 Å². The average molecular weight is 286 g/mol. The molecule has 1 atom stereocenters. The lowest BCUT2D eigenvalue weighted by atomic mass is 9.92. The first-order valence-electron chi connectivity index (χ1n) is 6.89. The van der Waals surface area contributed by atoms with E-state index in [1.165, 1.54) is 6.07 Å². The highest BCUT2D eigenvalue weighted by atomic mass is 19.2. The van der Waals surface area contributed by atoms with E-state index in [0.29, 0.717) is 13.0 Å². The first-order chi connectivity index (χ1) is 10.2. The molecule has 1 aromatic heterocycles. The quantitative estimate of drug-likeness (QED) is 0.754. The van der Waals surface area contributed by atoms with Gasteiger partial charge in [0.25, 0.3) is 0 Å². The standard InChI is InChI=1S/C17H16F2N2/c18-15-6-5-11(8-16(15)19)12(9-20)7-13-10-21-17-4-2-1-3-14(13)17/h1-6,8,10,12,21H,7,9,20H2. The van der Waals surface area contributed by atoms with E-state index >= 15 is 0 Å². The summed E-state index contributed by atoms with van der Waals surface area (Å²) in [4.78, 5) is 3.21. The van der Waals surface area contributed by atoms with Crippen molar-refractivity contribution in [2.45, 2.75) is 12.3 Å². The summed E-state index contributed by atoms with van der Waals surface area (Å²) in [5, 5.41) is 1.14. The molecule has 21 heavy (non-hydrogen) atoms. The SMILES string of the molecule is NCC(Cc1c[nH]c2ccccc12)c1ccc(F)c(F)c1. The fourth-order valence-electron chi connectivity index (χ4n) is 2.67. The third-order valence-corrected chi connectivity index (χ3v) is 3.84. The molecule has 3 rings (SSSR count). The van der Waals surface area contributed by atoms with Gasteiger partial charge in [-0.2, -0.15) is 0 Å². The van der Waals surface area contributed by atoms with Gasteiger partial charge in [-0.25, -0.2) is 8.78 Å². The number of fused-ring (bicyclic) bond motifs is 1. The third-order valence-electron chi connectivity index (χ3n) is 3.84. The number of nitrogens with two attached hydrogens (primary N) is 1. The van der Waals surface area contributed by atoms with Crippen molar-refractivity contribution < 1.29 is 8.78 Å². The van der Waals surface area contributed by atoms with E-state index in [1.807, 2.05) is 30.5 Å². The lowest BCUT2D eigenvalue weighted by molar-refractivity contribution is 0.505. The molecule has 0 aliphatic rings. The highest BCUT2D eigenvalue weighted by molar-refractivity contribution is 5.83. The molecule has 0 spiro atoms. The monoisotopic (exact) mass is 286 g/mol. The molecule has 1 unspecified atom stereocenters. The van der Waals surface area contributed by atoms with Crippen LogP contribution < -0.4 is 5.73 Å². The molecule has 3 aromatic rings. The zero-order valence-corrected chi connectivity index (χ0v) is 11.4. The van der Waals surface area contributed by atoms with Gasteiger partial charge in [0.15, 0.2) is 11.6 Å². The molecule has 0 radical (unpaired) electrons. The Hall–Kier alpha value is -2.20. The summed E-state index contributed by atoms with van der Waals surface area (Å²) in [6.07, 6.45) is 2.64. The highest BCUT2D eigenvalue weighted by Gasteiger charge is 2.15. The molecule has 0 saturated heterocycles. The molecule has 3 N–H and O–H groups in total. The van der Waals surface area contributed by atoms with Gasteiger partial charge in [0, 0.05) is 23.0 Å². The maximum Gasteiger partial charge on any atom is 0.159 e. The minimum atomic E-state index is -0.832. The van der Waals surface area contributed by atoms with Crippen LogP contribution in [-0.2, 0) is 6.42 Å². The summed E-state index contributed by atoms with van der Waals surface area (Å²) in [6.45, 7) is 0.380. The minimum Gasteiger partial charge on any atom is -0.361 e. The molecule has 0 aliphatic carbocycles. The number of halogens is 2. The van der Waals surface area contributed by atoms with E-state index in [-0.39, 0.29) is 5.92 Å². The number of para-hydroxylation sites is 1. The maximum atomic E-state index is 13.4. The molecule has 0 saturated carbocycles. The zero-order chi connectivity index (χ0) is 14.8. The van der Waals surface area contributed by atoms with E-state index in [1.54, 1.807) is 6.07 Å². The molecule has 4 heteroatoms. The third kappa shape index (κ3) is 2.67. The normalized spacial score (nSPS) is 12.7. The van der Waals surface area contributed by atoms with E-state index in [4.69, 9.17) is 5.73 Å². The molecule has 108 valence electrons. The number of H-pyrrole nitrogens is 1. The molecule has 2 nitrogen and oxygen atoms in total. The van der Waals surface area contributed by atoms with E-state index in [0.717, 1.165) is 28.1 Å². The lowest BCUT2D eigenvalue weighted by Crippen LogP contribution is -2.15. The Bertz CT molecular complexity index is 764. The summed E-state index contributed by atoms with van der Waals surface area (Å²) in [5.74, 6) is -1.70. The summed E-state index contributed by atoms with van der Waals surface area (Å²) < 4.78 is 26.4. The number of aromatic amines is 1. The fraction of sp³-hybridized carbons (Fsp3) is 0.176. The lowest BCUT2D eigenvalue weighted by Gasteiger charge is -2.15. The number of aromatic nitrogens is 1. The van der Waals surface area contributed by atoms with Gasteiger partial charge in [-0.15, -0.1) is 0 Å². The van der Waals surface area contributed by atoms with E-state index in [2.05, 4.69) is 4.98 Å². The largest absolute Gasteiger partial charge is 0.361 e. The van der Waals surface area contributed by atoms with Crippen molar-refractivity contribution in [1.82, 2.24) is 4.98 Å². The van der Waals surface area contributed by atoms with Crippen LogP contribution in [0.1, 0.15) is 17.0 Å². The topological polar surface area (TPSA) is 41.8 Å². The number of nitrogens with one attached hydrogen (secondary N) is 1. The van der Waals surface area contributed by atoms with Crippen molar-refractivity contribution in [3.63, 3.8) is 0 Å². The van der Waals surface area contributed by atoms with Gasteiger partial charge in [0.05, 0.1) is 0 Å². The molecular weight excluding hydrogens is 270 g/mol. The highest BCUT2D eigenvalue weighted by Crippen LogP contribution is 2.26. The van der Waals surface area contributed by atoms with Crippen molar-refractivity contribution in [1.29, 1.82) is 0 Å². The second-order valence-corrected chi connectivity index (χ2v) is 5.17. The summed E-state index contributed by atoms with van der Waals surface area (Å²) in [6, 6.07) is 12.0. The Morgan fingerprint density at radius 1 is 1.05 bits per heavy atom. The Balaban J connectivity index is 1.92. The van der Waals surface area contributed by atoms with Gasteiger partial charge in [-0.1, -0.05) is 24.3 Å². The van der Waals surface area contributed by atoms with Crippen molar-refractivity contribution in [3.8, 4) is 0 Å². The summed E-state index contributed by atoms with van der Waals surface area (Å²) in [7, 11) is 0. The maximum absolute atomic E-state index is 13.4. The first kappa shape index (κ1) is 13.8. The predicted molar refractivity (Wildman–Crippen MR) is 80.2 cm³/mol. The second-order valence-electron chi connectivity index (χ2n) is 5.17. The Morgan fingerprint density at radius 2 is 1.86 bits per heavy atom. The van der Waals surface area contributed by atoms with Crippen LogP contribution in [-0.4, -0.2) is 11.5 Å². The van der Waals surface area contributed by atoms with Gasteiger partial charge in [-0.3, -0.25) is 0 Å². The number of rotatable bonds is 4. The zero-order valence-electron chi connectivity index (χ0n) is 11.4. The van der Waals surface area contributed by atoms with Gasteiger partial charge in [-0.05, 0) is 42.3 Å². The number of hydrogen-bond donors (Lipinski definition) is 2. The number of benzene rings is 2. The molecule has 0 amide bonds. The molecule has 0 aliphatic heterocycles. The molecule has 0 bridgehead atoms. The van der Waals surface area contributed by atoms with Crippen molar-refractivity contribution >= 4 is 10.9 Å². The van der Waals surface area contributed by atoms with Crippen LogP contribution >= 0.6 is 0 Å². The van der Waals surface area contributed by atoms with Crippen LogP contribution in [0.3, 0.4) is 0 Å². The Labute approximate surface area is 121 Å². The van der Waals surface area contributed by atoms with Crippen molar-refractivity contribution in [2.75, 3.05) is 6.54 Å². The van der Waals surface area contributed by atoms with Gasteiger partial charge < -0.3 is 10.7 Å². The smallest absolute Gasteiger partial charge is 0.159 e. The van der Waals surface area contributed by atoms with E-state index < -0.39 is 11.6 Å². The minimum absolute atomic E-state index is 0.0423. The predicted octanol–water partition coefficient (Wildman–Crippen LogP) is 3.73. The molecule has 0 fully saturated rings. The Morgan fingerprint density at radius 3 is 2.62 bits per heavy atom. The van der Waals surface area contributed by atoms with Crippen LogP contribution in [0.25, 0.3) is 10.9 Å². The fourth-order valence-corrected chi connectivity index (χ4v) is 2.67. The van der Waals surface area contributed by atoms with Crippen molar-refractivity contribution in [3.05, 3.63) is 71.4 Å². The summed E-state index contributed by atoms with van der Waals surface area (Å²) >= 11 is 0. The molecular formula is C17H16F2N2. The van der Waals surface area contributed by atoms with Crippen LogP contribution in [0.4, 0.5) is 8.78 Å². The van der Waals surface area contributed by atoms with Crippen LogP contribution in [0.5, 0.6) is 0 Å². The average Bonchev–Trinajstić information content (AvgIpc) is 2.91. The second kappa shape index (κ2) is 5.66. The van der Waals surface area contributed by atoms with Gasteiger partial charge in [0.1, 0.15) is 0 Å². The van der Waals surface area contributed by atoms with Gasteiger partial charge in [0.2, 0.25) is 0 Å². The first-order valence-corrected chi connectivity index (χ1v) is 6.89.